The van der Waals surface area contributed by atoms with Crippen molar-refractivity contribution in [3.05, 3.63) is 53.1 Å². The number of amides is 2. The first-order valence-corrected chi connectivity index (χ1v) is 10.0. The van der Waals surface area contributed by atoms with Gasteiger partial charge in [-0.25, -0.2) is 13.6 Å². The second kappa shape index (κ2) is 8.19. The van der Waals surface area contributed by atoms with Crippen LogP contribution in [0, 0.1) is 0 Å². The second-order valence-electron chi connectivity index (χ2n) is 7.30. The maximum Gasteiger partial charge on any atom is 0.414 e. The first-order valence-electron chi connectivity index (χ1n) is 9.66. The Morgan fingerprint density at radius 1 is 1.13 bits per heavy atom. The number of nitrogens with one attached hydrogen (secondary N) is 1. The minimum Gasteiger partial charge on any atom is -0.425 e. The summed E-state index contributed by atoms with van der Waals surface area (Å²) in [4.78, 5) is 25.5. The fourth-order valence-corrected chi connectivity index (χ4v) is 3.73. The molecule has 2 aromatic carbocycles. The van der Waals surface area contributed by atoms with E-state index < -0.39 is 12.0 Å². The van der Waals surface area contributed by atoms with Gasteiger partial charge in [0.15, 0.2) is 0 Å². The number of furan rings is 1. The molecule has 0 spiro atoms. The number of carbonyl (C=O) groups is 2. The molecule has 0 aliphatic carbocycles. The van der Waals surface area contributed by atoms with E-state index in [9.17, 15) is 18.4 Å². The van der Waals surface area contributed by atoms with Gasteiger partial charge < -0.3 is 19.4 Å². The maximum atomic E-state index is 13.3. The summed E-state index contributed by atoms with van der Waals surface area (Å²) in [7, 11) is 1.44. The third-order valence-electron chi connectivity index (χ3n) is 5.20. The number of nitrogens with zero attached hydrogens (tertiary/aromatic N) is 1. The molecule has 9 heteroatoms. The Morgan fingerprint density at radius 2 is 1.81 bits per heavy atom. The van der Waals surface area contributed by atoms with E-state index >= 15 is 0 Å². The highest BCUT2D eigenvalue weighted by atomic mass is 35.5. The lowest BCUT2D eigenvalue weighted by Crippen LogP contribution is -2.42. The Bertz CT molecular complexity index is 1130. The van der Waals surface area contributed by atoms with Gasteiger partial charge >= 0.3 is 6.09 Å². The molecular weight excluding hydrogens is 430 g/mol. The van der Waals surface area contributed by atoms with Gasteiger partial charge in [0.05, 0.1) is 0 Å². The Labute approximate surface area is 181 Å². The summed E-state index contributed by atoms with van der Waals surface area (Å²) in [6, 6.07) is 11.8. The second-order valence-corrected chi connectivity index (χ2v) is 7.73. The molecule has 0 atom stereocenters. The van der Waals surface area contributed by atoms with E-state index in [1.165, 1.54) is 11.9 Å². The molecule has 31 heavy (non-hydrogen) atoms. The summed E-state index contributed by atoms with van der Waals surface area (Å²) in [6.45, 7) is 0.0667. The highest BCUT2D eigenvalue weighted by Gasteiger charge is 2.35. The predicted molar refractivity (Wildman–Crippen MR) is 112 cm³/mol. The summed E-state index contributed by atoms with van der Waals surface area (Å²) in [5.74, 6) is -2.96. The molecule has 6 nitrogen and oxygen atoms in total. The molecule has 162 valence electrons. The van der Waals surface area contributed by atoms with Crippen LogP contribution in [0.25, 0.3) is 22.1 Å². The summed E-state index contributed by atoms with van der Waals surface area (Å²) >= 11 is 6.22. The van der Waals surface area contributed by atoms with E-state index in [0.717, 1.165) is 11.1 Å². The number of likely N-dealkylation sites (tertiary alicyclic amines) is 1. The van der Waals surface area contributed by atoms with Crippen molar-refractivity contribution in [2.24, 2.45) is 0 Å². The predicted octanol–water partition coefficient (Wildman–Crippen LogP) is 5.34. The smallest absolute Gasteiger partial charge is 0.414 e. The van der Waals surface area contributed by atoms with Gasteiger partial charge in [0.1, 0.15) is 5.58 Å². The Hall–Kier alpha value is -3.13. The molecule has 1 aliphatic rings. The normalized spacial score (nSPS) is 15.7. The summed E-state index contributed by atoms with van der Waals surface area (Å²) < 4.78 is 37.3. The van der Waals surface area contributed by atoms with Gasteiger partial charge in [0.25, 0.3) is 17.8 Å². The van der Waals surface area contributed by atoms with Crippen LogP contribution < -0.4 is 10.1 Å². The molecule has 3 aromatic rings. The van der Waals surface area contributed by atoms with Crippen molar-refractivity contribution in [1.82, 2.24) is 10.2 Å². The van der Waals surface area contributed by atoms with Crippen LogP contribution in [0.1, 0.15) is 23.2 Å². The fourth-order valence-electron chi connectivity index (χ4n) is 3.53. The molecule has 1 saturated heterocycles. The van der Waals surface area contributed by atoms with Crippen LogP contribution in [0.3, 0.4) is 0 Å². The van der Waals surface area contributed by atoms with Gasteiger partial charge in [-0.3, -0.25) is 4.79 Å². The van der Waals surface area contributed by atoms with Gasteiger partial charge in [-0.2, -0.15) is 0 Å². The third kappa shape index (κ3) is 4.49. The molecule has 0 bridgehead atoms. The van der Waals surface area contributed by atoms with Gasteiger partial charge in [0, 0.05) is 61.1 Å². The van der Waals surface area contributed by atoms with Crippen LogP contribution in [0.2, 0.25) is 5.02 Å². The minimum atomic E-state index is -2.70. The Morgan fingerprint density at radius 3 is 2.45 bits per heavy atom. The van der Waals surface area contributed by atoms with Crippen LogP contribution in [0.4, 0.5) is 13.6 Å². The van der Waals surface area contributed by atoms with Gasteiger partial charge in [-0.1, -0.05) is 23.7 Å². The van der Waals surface area contributed by atoms with Crippen molar-refractivity contribution in [2.75, 3.05) is 20.1 Å². The molecule has 1 aromatic heterocycles. The van der Waals surface area contributed by atoms with Crippen molar-refractivity contribution in [2.45, 2.75) is 18.8 Å². The average molecular weight is 449 g/mol. The number of fused-ring (bicyclic) bond motifs is 1. The van der Waals surface area contributed by atoms with Crippen molar-refractivity contribution in [3.63, 3.8) is 0 Å². The number of benzene rings is 2. The lowest BCUT2D eigenvalue weighted by Gasteiger charge is -2.31. The lowest BCUT2D eigenvalue weighted by molar-refractivity contribution is -0.0494. The van der Waals surface area contributed by atoms with E-state index in [4.69, 9.17) is 20.8 Å². The van der Waals surface area contributed by atoms with E-state index in [2.05, 4.69) is 5.32 Å². The zero-order valence-corrected chi connectivity index (χ0v) is 17.3. The van der Waals surface area contributed by atoms with Crippen molar-refractivity contribution < 1.29 is 27.5 Å². The molecule has 1 N–H and O–H groups in total. The highest BCUT2D eigenvalue weighted by Crippen LogP contribution is 2.36. The number of hydrogen-bond donors (Lipinski definition) is 1. The monoisotopic (exact) mass is 448 g/mol. The van der Waals surface area contributed by atoms with Crippen molar-refractivity contribution >= 4 is 34.6 Å². The topological polar surface area (TPSA) is 71.8 Å². The Kier molecular flexibility index (Phi) is 5.58. The number of rotatable bonds is 3. The number of hydrogen-bond acceptors (Lipinski definition) is 4. The number of alkyl halides is 2. The van der Waals surface area contributed by atoms with Gasteiger partial charge in [-0.05, 0) is 29.3 Å². The van der Waals surface area contributed by atoms with E-state index in [1.807, 2.05) is 0 Å². The third-order valence-corrected chi connectivity index (χ3v) is 5.42. The van der Waals surface area contributed by atoms with Crippen LogP contribution in [0.5, 0.6) is 5.95 Å². The first kappa shape index (κ1) is 21.1. The van der Waals surface area contributed by atoms with Crippen LogP contribution in [-0.4, -0.2) is 43.0 Å². The average Bonchev–Trinajstić information content (AvgIpc) is 3.14. The van der Waals surface area contributed by atoms with Gasteiger partial charge in [0.2, 0.25) is 0 Å². The number of piperidine rings is 1. The summed E-state index contributed by atoms with van der Waals surface area (Å²) in [6.07, 6.45) is -1.30. The molecule has 0 unspecified atom stereocenters. The summed E-state index contributed by atoms with van der Waals surface area (Å²) in [5.41, 5.74) is 2.36. The zero-order chi connectivity index (χ0) is 22.2. The standard InChI is InChI=1S/C22H19ClF2N2O4/c1-26-21(29)31-19-12-17-16(10-15(23)11-18(17)30-19)13-2-4-14(5-3-13)20(28)27-8-6-22(24,25)7-9-27/h2-5,10-12H,6-9H2,1H3,(H,26,29). The maximum absolute atomic E-state index is 13.3. The zero-order valence-electron chi connectivity index (χ0n) is 16.6. The van der Waals surface area contributed by atoms with Gasteiger partial charge in [-0.15, -0.1) is 0 Å². The minimum absolute atomic E-state index is 0.0200. The molecule has 2 amide bonds. The number of ether oxygens (including phenoxy) is 1. The molecule has 4 rings (SSSR count). The van der Waals surface area contributed by atoms with E-state index in [-0.39, 0.29) is 37.8 Å². The van der Waals surface area contributed by atoms with Crippen LogP contribution in [0.15, 0.2) is 46.9 Å². The Balaban J connectivity index is 1.60. The molecule has 0 saturated carbocycles. The molecule has 2 heterocycles. The molecule has 1 fully saturated rings. The van der Waals surface area contributed by atoms with Crippen LogP contribution >= 0.6 is 11.6 Å². The SMILES string of the molecule is CNC(=O)Oc1cc2c(-c3ccc(C(=O)N4CCC(F)(F)CC4)cc3)cc(Cl)cc2o1. The van der Waals surface area contributed by atoms with Crippen LogP contribution in [-0.2, 0) is 0 Å². The molecule has 0 radical (unpaired) electrons. The quantitative estimate of drug-likeness (QED) is 0.587. The highest BCUT2D eigenvalue weighted by molar-refractivity contribution is 6.31. The lowest BCUT2D eigenvalue weighted by atomic mass is 9.99. The van der Waals surface area contributed by atoms with Crippen molar-refractivity contribution in [1.29, 1.82) is 0 Å². The largest absolute Gasteiger partial charge is 0.425 e. The number of halogens is 3. The van der Waals surface area contributed by atoms with Crippen molar-refractivity contribution in [3.8, 4) is 17.1 Å². The molecule has 1 aliphatic heterocycles. The fraction of sp³-hybridized carbons (Fsp3) is 0.273. The first-order chi connectivity index (χ1) is 14.8. The number of carbonyl (C=O) groups excluding carboxylic acids is 2. The molecular formula is C22H19ClF2N2O4. The van der Waals surface area contributed by atoms with E-state index in [0.29, 0.717) is 21.6 Å². The summed E-state index contributed by atoms with van der Waals surface area (Å²) in [5, 5.41) is 3.45. The van der Waals surface area contributed by atoms with E-state index in [1.54, 1.807) is 42.5 Å².